The van der Waals surface area contributed by atoms with Crippen molar-refractivity contribution in [3.8, 4) is 0 Å². The van der Waals surface area contributed by atoms with E-state index < -0.39 is 10.0 Å². The molecule has 108 valence electrons. The molecule has 0 aliphatic carbocycles. The van der Waals surface area contributed by atoms with Gasteiger partial charge in [0.1, 0.15) is 0 Å². The predicted octanol–water partition coefficient (Wildman–Crippen LogP) is 0.453. The van der Waals surface area contributed by atoms with Gasteiger partial charge >= 0.3 is 0 Å². The van der Waals surface area contributed by atoms with Gasteiger partial charge < -0.3 is 4.52 Å². The van der Waals surface area contributed by atoms with E-state index in [1.54, 1.807) is 6.92 Å². The van der Waals surface area contributed by atoms with E-state index in [0.29, 0.717) is 11.7 Å². The monoisotopic (exact) mass is 288 g/mol. The van der Waals surface area contributed by atoms with E-state index in [-0.39, 0.29) is 12.1 Å². The standard InChI is InChI=1S/C11H20N4O3S/c1-8(11-12-9(2)13-18-11)15-6-4-10(5-7-15)14-19(3,16)17/h8,10,14H,4-7H2,1-3H3. The molecular weight excluding hydrogens is 268 g/mol. The van der Waals surface area contributed by atoms with Gasteiger partial charge in [0.25, 0.3) is 0 Å². The Morgan fingerprint density at radius 1 is 1.42 bits per heavy atom. The van der Waals surface area contributed by atoms with E-state index in [1.807, 2.05) is 6.92 Å². The van der Waals surface area contributed by atoms with Crippen LogP contribution in [0.4, 0.5) is 0 Å². The molecule has 1 fully saturated rings. The number of likely N-dealkylation sites (tertiary alicyclic amines) is 1. The van der Waals surface area contributed by atoms with E-state index >= 15 is 0 Å². The Hall–Kier alpha value is -0.990. The van der Waals surface area contributed by atoms with Crippen LogP contribution in [0.1, 0.15) is 37.5 Å². The number of piperidine rings is 1. The van der Waals surface area contributed by atoms with Crippen LogP contribution in [0, 0.1) is 6.92 Å². The van der Waals surface area contributed by atoms with Crippen LogP contribution >= 0.6 is 0 Å². The first kappa shape index (κ1) is 14.4. The molecule has 1 aromatic rings. The Balaban J connectivity index is 1.89. The first-order valence-corrected chi connectivity index (χ1v) is 8.26. The Labute approximate surface area is 113 Å². The molecule has 1 saturated heterocycles. The minimum absolute atomic E-state index is 0.0304. The summed E-state index contributed by atoms with van der Waals surface area (Å²) in [6.07, 6.45) is 2.79. The predicted molar refractivity (Wildman–Crippen MR) is 70.0 cm³/mol. The largest absolute Gasteiger partial charge is 0.338 e. The number of hydrogen-bond donors (Lipinski definition) is 1. The highest BCUT2D eigenvalue weighted by Crippen LogP contribution is 2.23. The summed E-state index contributed by atoms with van der Waals surface area (Å²) in [5.74, 6) is 1.25. The fraction of sp³-hybridized carbons (Fsp3) is 0.818. The van der Waals surface area contributed by atoms with Crippen molar-refractivity contribution in [2.24, 2.45) is 0 Å². The molecule has 1 aliphatic rings. The molecule has 1 atom stereocenters. The van der Waals surface area contributed by atoms with E-state index in [2.05, 4.69) is 19.8 Å². The maximum absolute atomic E-state index is 11.2. The summed E-state index contributed by atoms with van der Waals surface area (Å²) >= 11 is 0. The molecule has 0 radical (unpaired) electrons. The Morgan fingerprint density at radius 3 is 2.53 bits per heavy atom. The molecule has 1 aliphatic heterocycles. The van der Waals surface area contributed by atoms with Crippen molar-refractivity contribution < 1.29 is 12.9 Å². The Kier molecular flexibility index (Phi) is 4.22. The summed E-state index contributed by atoms with van der Waals surface area (Å²) in [5.41, 5.74) is 0. The van der Waals surface area contributed by atoms with Crippen molar-refractivity contribution in [2.75, 3.05) is 19.3 Å². The van der Waals surface area contributed by atoms with E-state index in [9.17, 15) is 8.42 Å². The van der Waals surface area contributed by atoms with E-state index in [0.717, 1.165) is 25.9 Å². The first-order valence-electron chi connectivity index (χ1n) is 6.37. The molecule has 2 heterocycles. The van der Waals surface area contributed by atoms with Crippen LogP contribution in [-0.4, -0.2) is 48.8 Å². The first-order chi connectivity index (χ1) is 8.85. The lowest BCUT2D eigenvalue weighted by molar-refractivity contribution is 0.134. The van der Waals surface area contributed by atoms with Crippen molar-refractivity contribution in [1.82, 2.24) is 19.8 Å². The fourth-order valence-electron chi connectivity index (χ4n) is 2.35. The quantitative estimate of drug-likeness (QED) is 0.865. The van der Waals surface area contributed by atoms with Gasteiger partial charge in [-0.05, 0) is 26.7 Å². The van der Waals surface area contributed by atoms with Gasteiger partial charge in [-0.2, -0.15) is 4.98 Å². The second kappa shape index (κ2) is 5.56. The topological polar surface area (TPSA) is 88.3 Å². The molecule has 1 N–H and O–H groups in total. The molecule has 7 nitrogen and oxygen atoms in total. The van der Waals surface area contributed by atoms with Gasteiger partial charge in [-0.15, -0.1) is 0 Å². The lowest BCUT2D eigenvalue weighted by Crippen LogP contribution is -2.45. The zero-order valence-electron chi connectivity index (χ0n) is 11.5. The average molecular weight is 288 g/mol. The van der Waals surface area contributed by atoms with Crippen molar-refractivity contribution in [3.05, 3.63) is 11.7 Å². The summed E-state index contributed by atoms with van der Waals surface area (Å²) in [5, 5.41) is 3.79. The maximum atomic E-state index is 11.2. The number of nitrogens with one attached hydrogen (secondary N) is 1. The normalized spacial score (nSPS) is 20.6. The number of sulfonamides is 1. The maximum Gasteiger partial charge on any atom is 0.243 e. The van der Waals surface area contributed by atoms with Crippen molar-refractivity contribution in [1.29, 1.82) is 0 Å². The number of aryl methyl sites for hydroxylation is 1. The van der Waals surface area contributed by atoms with Gasteiger partial charge in [-0.3, -0.25) is 4.90 Å². The molecule has 0 spiro atoms. The average Bonchev–Trinajstić information content (AvgIpc) is 2.74. The summed E-state index contributed by atoms with van der Waals surface area (Å²) in [6.45, 7) is 5.45. The molecular formula is C11H20N4O3S. The van der Waals surface area contributed by atoms with Gasteiger partial charge in [0.05, 0.1) is 12.3 Å². The van der Waals surface area contributed by atoms with Crippen LogP contribution < -0.4 is 4.72 Å². The molecule has 0 saturated carbocycles. The third-order valence-electron chi connectivity index (χ3n) is 3.36. The summed E-state index contributed by atoms with van der Waals surface area (Å²) in [6, 6.07) is 0.100. The molecule has 0 amide bonds. The molecule has 19 heavy (non-hydrogen) atoms. The molecule has 0 aromatic carbocycles. The molecule has 2 rings (SSSR count). The van der Waals surface area contributed by atoms with Crippen LogP contribution in [-0.2, 0) is 10.0 Å². The zero-order chi connectivity index (χ0) is 14.0. The summed E-state index contributed by atoms with van der Waals surface area (Å²) in [7, 11) is -3.12. The minimum atomic E-state index is -3.12. The molecule has 1 aromatic heterocycles. The van der Waals surface area contributed by atoms with Gasteiger partial charge in [-0.25, -0.2) is 13.1 Å². The lowest BCUT2D eigenvalue weighted by atomic mass is 10.0. The third kappa shape index (κ3) is 3.99. The minimum Gasteiger partial charge on any atom is -0.338 e. The van der Waals surface area contributed by atoms with Crippen LogP contribution in [0.2, 0.25) is 0 Å². The lowest BCUT2D eigenvalue weighted by Gasteiger charge is -2.34. The summed E-state index contributed by atoms with van der Waals surface area (Å²) in [4.78, 5) is 6.46. The second-order valence-electron chi connectivity index (χ2n) is 5.06. The van der Waals surface area contributed by atoms with Crippen LogP contribution in [0.3, 0.4) is 0 Å². The van der Waals surface area contributed by atoms with E-state index in [4.69, 9.17) is 4.52 Å². The van der Waals surface area contributed by atoms with Crippen LogP contribution in [0.5, 0.6) is 0 Å². The summed E-state index contributed by atoms with van der Waals surface area (Å²) < 4.78 is 30.2. The van der Waals surface area contributed by atoms with E-state index in [1.165, 1.54) is 6.26 Å². The molecule has 0 bridgehead atoms. The Morgan fingerprint density at radius 2 is 2.05 bits per heavy atom. The van der Waals surface area contributed by atoms with Gasteiger partial charge in [0, 0.05) is 19.1 Å². The number of rotatable bonds is 4. The highest BCUT2D eigenvalue weighted by Gasteiger charge is 2.27. The van der Waals surface area contributed by atoms with Gasteiger partial charge in [-0.1, -0.05) is 5.16 Å². The Bertz CT molecular complexity index is 520. The zero-order valence-corrected chi connectivity index (χ0v) is 12.3. The smallest absolute Gasteiger partial charge is 0.243 e. The number of aromatic nitrogens is 2. The highest BCUT2D eigenvalue weighted by molar-refractivity contribution is 7.88. The van der Waals surface area contributed by atoms with Crippen LogP contribution in [0.25, 0.3) is 0 Å². The van der Waals surface area contributed by atoms with Crippen molar-refractivity contribution in [2.45, 2.75) is 38.8 Å². The highest BCUT2D eigenvalue weighted by atomic mass is 32.2. The third-order valence-corrected chi connectivity index (χ3v) is 4.12. The van der Waals surface area contributed by atoms with Crippen molar-refractivity contribution >= 4 is 10.0 Å². The number of nitrogens with zero attached hydrogens (tertiary/aromatic N) is 3. The number of hydrogen-bond acceptors (Lipinski definition) is 6. The molecule has 8 heteroatoms. The second-order valence-corrected chi connectivity index (χ2v) is 6.84. The van der Waals surface area contributed by atoms with Crippen molar-refractivity contribution in [3.63, 3.8) is 0 Å². The van der Waals surface area contributed by atoms with Gasteiger partial charge in [0.2, 0.25) is 15.9 Å². The molecule has 1 unspecified atom stereocenters. The van der Waals surface area contributed by atoms with Crippen LogP contribution in [0.15, 0.2) is 4.52 Å². The van der Waals surface area contributed by atoms with Gasteiger partial charge in [0.15, 0.2) is 5.82 Å². The SMILES string of the molecule is Cc1noc(C(C)N2CCC(NS(C)(=O)=O)CC2)n1. The fourth-order valence-corrected chi connectivity index (χ4v) is 3.19.